The second-order valence-corrected chi connectivity index (χ2v) is 6.65. The monoisotopic (exact) mass is 385 g/mol. The van der Waals surface area contributed by atoms with Crippen molar-refractivity contribution < 1.29 is 19.1 Å². The quantitative estimate of drug-likeness (QED) is 0.741. The van der Waals surface area contributed by atoms with Gasteiger partial charge in [0.1, 0.15) is 0 Å². The van der Waals surface area contributed by atoms with E-state index >= 15 is 0 Å². The molecule has 0 unspecified atom stereocenters. The molecule has 1 aromatic carbocycles. The fraction of sp³-hybridized carbons (Fsp3) is 0.429. The molecule has 1 aliphatic rings. The molecule has 0 saturated carbocycles. The van der Waals surface area contributed by atoms with Gasteiger partial charge in [0.2, 0.25) is 5.91 Å². The molecule has 7 nitrogen and oxygen atoms in total. The van der Waals surface area contributed by atoms with Crippen LogP contribution >= 0.6 is 0 Å². The first-order valence-electron chi connectivity index (χ1n) is 9.65. The van der Waals surface area contributed by atoms with Crippen LogP contribution in [0.15, 0.2) is 36.4 Å². The molecule has 1 N–H and O–H groups in total. The van der Waals surface area contributed by atoms with Crippen LogP contribution in [0.3, 0.4) is 0 Å². The zero-order valence-corrected chi connectivity index (χ0v) is 16.4. The minimum atomic E-state index is -0.339. The molecule has 0 bridgehead atoms. The molecule has 1 saturated heterocycles. The normalized spacial score (nSPS) is 14.6. The highest BCUT2D eigenvalue weighted by atomic mass is 16.5. The average molecular weight is 385 g/mol. The SMILES string of the molecule is CCOC(=O)c1cc(-c2ccccc2)n(CCC(=O)NN2CCOCC2)c1C. The van der Waals surface area contributed by atoms with E-state index < -0.39 is 0 Å². The number of carbonyl (C=O) groups is 2. The summed E-state index contributed by atoms with van der Waals surface area (Å²) in [7, 11) is 0. The van der Waals surface area contributed by atoms with Crippen molar-refractivity contribution in [1.82, 2.24) is 15.0 Å². The Hall–Kier alpha value is -2.64. The molecule has 1 aromatic heterocycles. The lowest BCUT2D eigenvalue weighted by Crippen LogP contribution is -2.48. The molecule has 7 heteroatoms. The first-order valence-corrected chi connectivity index (χ1v) is 9.65. The second-order valence-electron chi connectivity index (χ2n) is 6.65. The molecule has 0 aliphatic carbocycles. The van der Waals surface area contributed by atoms with Gasteiger partial charge in [0.15, 0.2) is 0 Å². The number of carbonyl (C=O) groups excluding carboxylic acids is 2. The Morgan fingerprint density at radius 1 is 1.18 bits per heavy atom. The zero-order valence-electron chi connectivity index (χ0n) is 16.4. The first kappa shape index (κ1) is 20.1. The second kappa shape index (κ2) is 9.52. The van der Waals surface area contributed by atoms with Crippen molar-refractivity contribution in [3.8, 4) is 11.3 Å². The third-order valence-corrected chi connectivity index (χ3v) is 4.79. The van der Waals surface area contributed by atoms with E-state index in [0.717, 1.165) is 17.0 Å². The van der Waals surface area contributed by atoms with Crippen LogP contribution in [0.5, 0.6) is 0 Å². The molecule has 0 atom stereocenters. The summed E-state index contributed by atoms with van der Waals surface area (Å²) in [6.45, 7) is 7.11. The first-order chi connectivity index (χ1) is 13.6. The average Bonchev–Trinajstić information content (AvgIpc) is 3.04. The number of hydrogen-bond acceptors (Lipinski definition) is 5. The lowest BCUT2D eigenvalue weighted by molar-refractivity contribution is -0.128. The van der Waals surface area contributed by atoms with E-state index in [0.29, 0.717) is 51.4 Å². The van der Waals surface area contributed by atoms with Crippen LogP contribution in [0.2, 0.25) is 0 Å². The number of aromatic nitrogens is 1. The summed E-state index contributed by atoms with van der Waals surface area (Å²) in [5, 5.41) is 1.89. The maximum absolute atomic E-state index is 12.4. The van der Waals surface area contributed by atoms with Gasteiger partial charge in [-0.25, -0.2) is 9.80 Å². The van der Waals surface area contributed by atoms with Gasteiger partial charge < -0.3 is 14.0 Å². The molecule has 0 radical (unpaired) electrons. The summed E-state index contributed by atoms with van der Waals surface area (Å²) in [6.07, 6.45) is 0.314. The third-order valence-electron chi connectivity index (χ3n) is 4.79. The number of esters is 1. The maximum atomic E-state index is 12.4. The number of benzene rings is 1. The van der Waals surface area contributed by atoms with E-state index in [1.807, 2.05) is 52.9 Å². The molecular weight excluding hydrogens is 358 g/mol. The van der Waals surface area contributed by atoms with Gasteiger partial charge in [-0.3, -0.25) is 10.2 Å². The number of ether oxygens (including phenoxy) is 2. The minimum Gasteiger partial charge on any atom is -0.462 e. The smallest absolute Gasteiger partial charge is 0.339 e. The zero-order chi connectivity index (χ0) is 19.9. The lowest BCUT2D eigenvalue weighted by atomic mass is 10.1. The molecular formula is C21H27N3O4. The van der Waals surface area contributed by atoms with Crippen LogP contribution in [0.1, 0.15) is 29.4 Å². The molecule has 2 heterocycles. The van der Waals surface area contributed by atoms with Gasteiger partial charge in [-0.1, -0.05) is 30.3 Å². The number of hydrazine groups is 1. The Kier molecular flexibility index (Phi) is 6.84. The summed E-state index contributed by atoms with van der Waals surface area (Å²) in [5.74, 6) is -0.389. The highest BCUT2D eigenvalue weighted by Gasteiger charge is 2.20. The number of hydrogen-bond donors (Lipinski definition) is 1. The number of rotatable bonds is 7. The molecule has 1 aliphatic heterocycles. The van der Waals surface area contributed by atoms with Crippen LogP contribution in [0.25, 0.3) is 11.3 Å². The van der Waals surface area contributed by atoms with Crippen molar-refractivity contribution in [3.63, 3.8) is 0 Å². The number of amides is 1. The Morgan fingerprint density at radius 3 is 2.57 bits per heavy atom. The van der Waals surface area contributed by atoms with E-state index in [1.54, 1.807) is 6.92 Å². The lowest BCUT2D eigenvalue weighted by Gasteiger charge is -2.27. The summed E-state index contributed by atoms with van der Waals surface area (Å²) < 4.78 is 12.5. The Balaban J connectivity index is 1.78. The topological polar surface area (TPSA) is 72.8 Å². The standard InChI is InChI=1S/C21H27N3O4/c1-3-28-21(26)18-15-19(17-7-5-4-6-8-17)24(16(18)2)10-9-20(25)22-23-11-13-27-14-12-23/h4-8,15H,3,9-14H2,1-2H3,(H,22,25). The molecule has 1 amide bonds. The Morgan fingerprint density at radius 2 is 1.89 bits per heavy atom. The van der Waals surface area contributed by atoms with E-state index in [9.17, 15) is 9.59 Å². The fourth-order valence-electron chi connectivity index (χ4n) is 3.32. The predicted molar refractivity (Wildman–Crippen MR) is 106 cm³/mol. The minimum absolute atomic E-state index is 0.0494. The fourth-order valence-corrected chi connectivity index (χ4v) is 3.32. The van der Waals surface area contributed by atoms with Gasteiger partial charge in [-0.05, 0) is 25.5 Å². The van der Waals surface area contributed by atoms with Crippen molar-refractivity contribution in [1.29, 1.82) is 0 Å². The van der Waals surface area contributed by atoms with Crippen LogP contribution in [0, 0.1) is 6.92 Å². The van der Waals surface area contributed by atoms with Crippen LogP contribution in [0.4, 0.5) is 0 Å². The van der Waals surface area contributed by atoms with Crippen LogP contribution in [-0.2, 0) is 20.8 Å². The van der Waals surface area contributed by atoms with E-state index in [1.165, 1.54) is 0 Å². The van der Waals surface area contributed by atoms with Crippen molar-refractivity contribution >= 4 is 11.9 Å². The van der Waals surface area contributed by atoms with Crippen LogP contribution in [-0.4, -0.2) is 54.4 Å². The largest absolute Gasteiger partial charge is 0.462 e. The predicted octanol–water partition coefficient (Wildman–Crippen LogP) is 2.39. The van der Waals surface area contributed by atoms with Crippen molar-refractivity contribution in [2.75, 3.05) is 32.9 Å². The van der Waals surface area contributed by atoms with E-state index in [2.05, 4.69) is 5.43 Å². The summed E-state index contributed by atoms with van der Waals surface area (Å²) in [6, 6.07) is 11.7. The van der Waals surface area contributed by atoms with Crippen LogP contribution < -0.4 is 5.43 Å². The summed E-state index contributed by atoms with van der Waals surface area (Å²) in [4.78, 5) is 24.7. The number of nitrogens with one attached hydrogen (secondary N) is 1. The number of nitrogens with zero attached hydrogens (tertiary/aromatic N) is 2. The van der Waals surface area contributed by atoms with Crippen molar-refractivity contribution in [3.05, 3.63) is 47.7 Å². The maximum Gasteiger partial charge on any atom is 0.339 e. The molecule has 1 fully saturated rings. The summed E-state index contributed by atoms with van der Waals surface area (Å²) in [5.41, 5.74) is 6.16. The van der Waals surface area contributed by atoms with Gasteiger partial charge in [0.05, 0.1) is 25.4 Å². The molecule has 28 heavy (non-hydrogen) atoms. The summed E-state index contributed by atoms with van der Waals surface area (Å²) >= 11 is 0. The molecule has 0 spiro atoms. The van der Waals surface area contributed by atoms with Gasteiger partial charge in [0.25, 0.3) is 0 Å². The Labute approximate surface area is 165 Å². The highest BCUT2D eigenvalue weighted by molar-refractivity contribution is 5.92. The molecule has 150 valence electrons. The van der Waals surface area contributed by atoms with Crippen molar-refractivity contribution in [2.45, 2.75) is 26.8 Å². The van der Waals surface area contributed by atoms with Gasteiger partial charge in [0, 0.05) is 37.4 Å². The van der Waals surface area contributed by atoms with Crippen molar-refractivity contribution in [2.24, 2.45) is 0 Å². The number of morpholine rings is 1. The molecule has 3 rings (SSSR count). The molecule has 2 aromatic rings. The highest BCUT2D eigenvalue weighted by Crippen LogP contribution is 2.27. The van der Waals surface area contributed by atoms with Gasteiger partial charge in [-0.15, -0.1) is 0 Å². The van der Waals surface area contributed by atoms with E-state index in [4.69, 9.17) is 9.47 Å². The third kappa shape index (κ3) is 4.79. The van der Waals surface area contributed by atoms with Gasteiger partial charge >= 0.3 is 5.97 Å². The van der Waals surface area contributed by atoms with Gasteiger partial charge in [-0.2, -0.15) is 0 Å². The Bertz CT molecular complexity index is 811. The van der Waals surface area contributed by atoms with E-state index in [-0.39, 0.29) is 11.9 Å².